The normalized spacial score (nSPS) is 9.48. The molecule has 3 aromatic rings. The summed E-state index contributed by atoms with van der Waals surface area (Å²) in [5.74, 6) is 1.58. The van der Waals surface area contributed by atoms with Gasteiger partial charge in [0, 0.05) is 0 Å². The van der Waals surface area contributed by atoms with Crippen molar-refractivity contribution in [2.75, 3.05) is 6.61 Å². The van der Waals surface area contributed by atoms with E-state index in [-0.39, 0.29) is 5.97 Å². The number of rotatable bonds is 5. The van der Waals surface area contributed by atoms with Gasteiger partial charge in [-0.2, -0.15) is 0 Å². The molecular formula is C22H22O3. The SMILES string of the molecule is CCOC(=O)Cc1ccccc1.c1ccc(Oc2ccccc2)cc1. The van der Waals surface area contributed by atoms with Gasteiger partial charge in [-0.15, -0.1) is 0 Å². The Morgan fingerprint density at radius 2 is 1.16 bits per heavy atom. The fourth-order valence-corrected chi connectivity index (χ4v) is 2.09. The number of hydrogen-bond donors (Lipinski definition) is 0. The van der Waals surface area contributed by atoms with Crippen LogP contribution in [0.3, 0.4) is 0 Å². The first kappa shape index (κ1) is 18.3. The largest absolute Gasteiger partial charge is 0.466 e. The summed E-state index contributed by atoms with van der Waals surface area (Å²) in [4.78, 5) is 11.0. The summed E-state index contributed by atoms with van der Waals surface area (Å²) in [5, 5.41) is 0. The lowest BCUT2D eigenvalue weighted by atomic mass is 10.2. The fraction of sp³-hybridized carbons (Fsp3) is 0.136. The topological polar surface area (TPSA) is 35.5 Å². The molecular weight excluding hydrogens is 312 g/mol. The molecule has 0 aromatic heterocycles. The van der Waals surface area contributed by atoms with E-state index in [0.717, 1.165) is 17.1 Å². The molecule has 0 N–H and O–H groups in total. The van der Waals surface area contributed by atoms with Crippen molar-refractivity contribution in [2.24, 2.45) is 0 Å². The molecule has 0 heterocycles. The molecule has 0 aliphatic rings. The lowest BCUT2D eigenvalue weighted by Crippen LogP contribution is -2.06. The molecule has 0 spiro atoms. The highest BCUT2D eigenvalue weighted by molar-refractivity contribution is 5.72. The first-order valence-electron chi connectivity index (χ1n) is 8.25. The molecule has 0 radical (unpaired) electrons. The first-order valence-corrected chi connectivity index (χ1v) is 8.25. The predicted molar refractivity (Wildman–Crippen MR) is 99.7 cm³/mol. The molecule has 3 aromatic carbocycles. The van der Waals surface area contributed by atoms with Crippen LogP contribution in [-0.2, 0) is 16.0 Å². The van der Waals surface area contributed by atoms with Crippen molar-refractivity contribution in [1.82, 2.24) is 0 Å². The van der Waals surface area contributed by atoms with Crippen LogP contribution in [0.25, 0.3) is 0 Å². The third kappa shape index (κ3) is 7.36. The zero-order valence-corrected chi connectivity index (χ0v) is 14.3. The van der Waals surface area contributed by atoms with Gasteiger partial charge in [0.15, 0.2) is 0 Å². The average Bonchev–Trinajstić information content (AvgIpc) is 2.65. The van der Waals surface area contributed by atoms with Crippen molar-refractivity contribution in [1.29, 1.82) is 0 Å². The number of carbonyl (C=O) groups is 1. The standard InChI is InChI=1S/C12H10O.C10H12O2/c1-3-7-11(8-4-1)13-12-9-5-2-6-10-12;1-2-12-10(11)8-9-6-4-3-5-7-9/h1-10H;3-7H,2,8H2,1H3. The maximum absolute atomic E-state index is 11.0. The quantitative estimate of drug-likeness (QED) is 0.596. The van der Waals surface area contributed by atoms with Crippen LogP contribution in [0.2, 0.25) is 0 Å². The van der Waals surface area contributed by atoms with E-state index in [4.69, 9.17) is 9.47 Å². The molecule has 3 rings (SSSR count). The Hall–Kier alpha value is -3.07. The lowest BCUT2D eigenvalue weighted by molar-refractivity contribution is -0.142. The van der Waals surface area contributed by atoms with Crippen LogP contribution in [-0.4, -0.2) is 12.6 Å². The van der Waals surface area contributed by atoms with Crippen molar-refractivity contribution >= 4 is 5.97 Å². The molecule has 0 atom stereocenters. The van der Waals surface area contributed by atoms with Gasteiger partial charge in [0.05, 0.1) is 13.0 Å². The predicted octanol–water partition coefficient (Wildman–Crippen LogP) is 5.27. The zero-order valence-electron chi connectivity index (χ0n) is 14.3. The molecule has 0 bridgehead atoms. The van der Waals surface area contributed by atoms with E-state index in [1.165, 1.54) is 0 Å². The number of para-hydroxylation sites is 2. The van der Waals surface area contributed by atoms with Gasteiger partial charge in [-0.1, -0.05) is 66.7 Å². The molecule has 0 unspecified atom stereocenters. The van der Waals surface area contributed by atoms with Crippen LogP contribution in [0.1, 0.15) is 12.5 Å². The van der Waals surface area contributed by atoms with E-state index in [1.54, 1.807) is 0 Å². The van der Waals surface area contributed by atoms with Crippen LogP contribution < -0.4 is 4.74 Å². The fourth-order valence-electron chi connectivity index (χ4n) is 2.09. The summed E-state index contributed by atoms with van der Waals surface area (Å²) in [6.45, 7) is 2.26. The Morgan fingerprint density at radius 1 is 0.720 bits per heavy atom. The molecule has 3 heteroatoms. The van der Waals surface area contributed by atoms with E-state index in [0.29, 0.717) is 13.0 Å². The van der Waals surface area contributed by atoms with Crippen LogP contribution in [0, 0.1) is 0 Å². The van der Waals surface area contributed by atoms with Gasteiger partial charge in [-0.3, -0.25) is 4.79 Å². The summed E-state index contributed by atoms with van der Waals surface area (Å²) in [5.41, 5.74) is 0.996. The zero-order chi connectivity index (χ0) is 17.7. The summed E-state index contributed by atoms with van der Waals surface area (Å²) < 4.78 is 10.4. The molecule has 0 amide bonds. The first-order chi connectivity index (χ1) is 12.3. The second kappa shape index (κ2) is 10.7. The van der Waals surface area contributed by atoms with Crippen LogP contribution in [0.5, 0.6) is 11.5 Å². The molecule has 0 saturated heterocycles. The summed E-state index contributed by atoms with van der Waals surface area (Å²) >= 11 is 0. The van der Waals surface area contributed by atoms with Gasteiger partial charge in [0.1, 0.15) is 11.5 Å². The highest BCUT2D eigenvalue weighted by atomic mass is 16.5. The Kier molecular flexibility index (Phi) is 7.79. The Labute approximate surface area is 148 Å². The highest BCUT2D eigenvalue weighted by Gasteiger charge is 2.01. The van der Waals surface area contributed by atoms with E-state index >= 15 is 0 Å². The molecule has 3 nitrogen and oxygen atoms in total. The minimum atomic E-state index is -0.163. The van der Waals surface area contributed by atoms with Crippen molar-refractivity contribution in [3.05, 3.63) is 96.6 Å². The van der Waals surface area contributed by atoms with Crippen LogP contribution >= 0.6 is 0 Å². The second-order valence-corrected chi connectivity index (χ2v) is 5.20. The van der Waals surface area contributed by atoms with Crippen molar-refractivity contribution in [2.45, 2.75) is 13.3 Å². The van der Waals surface area contributed by atoms with Gasteiger partial charge in [-0.25, -0.2) is 0 Å². The van der Waals surface area contributed by atoms with Gasteiger partial charge >= 0.3 is 5.97 Å². The summed E-state index contributed by atoms with van der Waals surface area (Å²) in [6.07, 6.45) is 0.370. The number of benzene rings is 3. The van der Waals surface area contributed by atoms with Gasteiger partial charge < -0.3 is 9.47 Å². The smallest absolute Gasteiger partial charge is 0.310 e. The number of esters is 1. The molecule has 0 saturated carbocycles. The number of carbonyl (C=O) groups excluding carboxylic acids is 1. The van der Waals surface area contributed by atoms with Gasteiger partial charge in [-0.05, 0) is 36.8 Å². The molecule has 128 valence electrons. The molecule has 0 aliphatic carbocycles. The minimum Gasteiger partial charge on any atom is -0.466 e. The minimum absolute atomic E-state index is 0.163. The van der Waals surface area contributed by atoms with Crippen molar-refractivity contribution in [3.8, 4) is 11.5 Å². The monoisotopic (exact) mass is 334 g/mol. The van der Waals surface area contributed by atoms with Crippen molar-refractivity contribution < 1.29 is 14.3 Å². The Balaban J connectivity index is 0.000000181. The van der Waals surface area contributed by atoms with E-state index in [1.807, 2.05) is 97.9 Å². The summed E-state index contributed by atoms with van der Waals surface area (Å²) in [6, 6.07) is 29.1. The van der Waals surface area contributed by atoms with Crippen LogP contribution in [0.4, 0.5) is 0 Å². The highest BCUT2D eigenvalue weighted by Crippen LogP contribution is 2.19. The summed E-state index contributed by atoms with van der Waals surface area (Å²) in [7, 11) is 0. The maximum Gasteiger partial charge on any atom is 0.310 e. The molecule has 25 heavy (non-hydrogen) atoms. The van der Waals surface area contributed by atoms with Crippen molar-refractivity contribution in [3.63, 3.8) is 0 Å². The van der Waals surface area contributed by atoms with E-state index in [2.05, 4.69) is 0 Å². The van der Waals surface area contributed by atoms with Gasteiger partial charge in [0.2, 0.25) is 0 Å². The maximum atomic E-state index is 11.0. The number of hydrogen-bond acceptors (Lipinski definition) is 3. The molecule has 0 aliphatic heterocycles. The Morgan fingerprint density at radius 3 is 1.60 bits per heavy atom. The third-order valence-electron chi connectivity index (χ3n) is 3.22. The number of ether oxygens (including phenoxy) is 2. The third-order valence-corrected chi connectivity index (χ3v) is 3.22. The average molecular weight is 334 g/mol. The second-order valence-electron chi connectivity index (χ2n) is 5.20. The lowest BCUT2D eigenvalue weighted by Gasteiger charge is -2.03. The molecule has 0 fully saturated rings. The van der Waals surface area contributed by atoms with E-state index in [9.17, 15) is 4.79 Å². The van der Waals surface area contributed by atoms with Gasteiger partial charge in [0.25, 0.3) is 0 Å². The Bertz CT molecular complexity index is 687. The van der Waals surface area contributed by atoms with Crippen LogP contribution in [0.15, 0.2) is 91.0 Å². The van der Waals surface area contributed by atoms with E-state index < -0.39 is 0 Å².